The first-order valence-corrected chi connectivity index (χ1v) is 11.1. The van der Waals surface area contributed by atoms with Crippen molar-refractivity contribution in [3.63, 3.8) is 0 Å². The Labute approximate surface area is 210 Å². The van der Waals surface area contributed by atoms with Crippen LogP contribution in [0.15, 0.2) is 24.3 Å². The fourth-order valence-corrected chi connectivity index (χ4v) is 4.34. The van der Waals surface area contributed by atoms with E-state index in [2.05, 4.69) is 0 Å². The van der Waals surface area contributed by atoms with Gasteiger partial charge in [-0.05, 0) is 12.1 Å². The second-order valence-electron chi connectivity index (χ2n) is 8.29. The number of aliphatic hydroxyl groups is 3. The van der Waals surface area contributed by atoms with Gasteiger partial charge in [-0.25, -0.2) is 4.79 Å². The topological polar surface area (TPSA) is 191 Å². The largest absolute Gasteiger partial charge is 0.507 e. The summed E-state index contributed by atoms with van der Waals surface area (Å²) in [6, 6.07) is 5.76. The number of methoxy groups -OCH3 is 3. The summed E-state index contributed by atoms with van der Waals surface area (Å²) in [7, 11) is 4.05. The van der Waals surface area contributed by atoms with Crippen molar-refractivity contribution in [3.05, 3.63) is 35.4 Å². The Morgan fingerprint density at radius 1 is 0.973 bits per heavy atom. The molecule has 0 saturated carbocycles. The van der Waals surface area contributed by atoms with Gasteiger partial charge in [0, 0.05) is 6.07 Å². The van der Waals surface area contributed by atoms with Crippen LogP contribution in [0.1, 0.15) is 28.4 Å². The number of hydrogen-bond acceptors (Lipinski definition) is 12. The third kappa shape index (κ3) is 4.57. The number of benzene rings is 2. The predicted molar refractivity (Wildman–Crippen MR) is 121 cm³/mol. The van der Waals surface area contributed by atoms with Crippen LogP contribution in [0.25, 0.3) is 0 Å². The van der Waals surface area contributed by atoms with Gasteiger partial charge in [-0.3, -0.25) is 4.79 Å². The number of aliphatic carboxylic acids is 1. The van der Waals surface area contributed by atoms with Crippen molar-refractivity contribution < 1.29 is 63.5 Å². The molecule has 200 valence electrons. The number of aromatic hydroxyl groups is 1. The Morgan fingerprint density at radius 3 is 2.27 bits per heavy atom. The Bertz CT molecular complexity index is 1200. The maximum atomic E-state index is 13.1. The minimum atomic E-state index is -1.90. The lowest BCUT2D eigenvalue weighted by Gasteiger charge is -2.39. The van der Waals surface area contributed by atoms with E-state index in [9.17, 15) is 35.1 Å². The van der Waals surface area contributed by atoms with E-state index in [0.29, 0.717) is 0 Å². The van der Waals surface area contributed by atoms with Crippen LogP contribution in [-0.4, -0.2) is 89.3 Å². The number of hydrogen-bond donors (Lipinski definition) is 5. The van der Waals surface area contributed by atoms with Gasteiger partial charge in [-0.15, -0.1) is 0 Å². The first-order chi connectivity index (χ1) is 17.6. The molecule has 2 heterocycles. The van der Waals surface area contributed by atoms with Crippen molar-refractivity contribution >= 4 is 11.8 Å². The number of ketones is 1. The van der Waals surface area contributed by atoms with Crippen LogP contribution in [0.2, 0.25) is 0 Å². The van der Waals surface area contributed by atoms with Gasteiger partial charge in [0.25, 0.3) is 0 Å². The maximum absolute atomic E-state index is 13.1. The van der Waals surface area contributed by atoms with Crippen molar-refractivity contribution in [2.45, 2.75) is 43.2 Å². The van der Waals surface area contributed by atoms with Gasteiger partial charge in [0.1, 0.15) is 47.2 Å². The number of phenolic OH excluding ortho intramolecular Hbond substituents is 1. The molecular weight excluding hydrogens is 496 g/mol. The normalized spacial score (nSPS) is 27.0. The molecule has 13 nitrogen and oxygen atoms in total. The highest BCUT2D eigenvalue weighted by molar-refractivity contribution is 6.04. The lowest BCUT2D eigenvalue weighted by atomic mass is 9.93. The van der Waals surface area contributed by atoms with Crippen LogP contribution < -0.4 is 23.7 Å². The monoisotopic (exact) mass is 522 g/mol. The number of carbonyl (C=O) groups excluding carboxylic acids is 1. The highest BCUT2D eigenvalue weighted by atomic mass is 16.7. The zero-order valence-electron chi connectivity index (χ0n) is 20.0. The van der Waals surface area contributed by atoms with Gasteiger partial charge in [-0.2, -0.15) is 0 Å². The molecule has 4 rings (SSSR count). The van der Waals surface area contributed by atoms with E-state index in [0.717, 1.165) is 0 Å². The van der Waals surface area contributed by atoms with Crippen molar-refractivity contribution in [2.75, 3.05) is 21.3 Å². The van der Waals surface area contributed by atoms with Crippen LogP contribution in [-0.2, 0) is 9.53 Å². The quantitative estimate of drug-likeness (QED) is 0.336. The van der Waals surface area contributed by atoms with Crippen molar-refractivity contribution in [3.8, 4) is 34.5 Å². The average Bonchev–Trinajstić information content (AvgIpc) is 2.87. The zero-order chi connectivity index (χ0) is 27.0. The lowest BCUT2D eigenvalue weighted by Crippen LogP contribution is -2.61. The summed E-state index contributed by atoms with van der Waals surface area (Å²) in [4.78, 5) is 24.6. The maximum Gasteiger partial charge on any atom is 0.335 e. The van der Waals surface area contributed by atoms with E-state index in [1.54, 1.807) is 6.07 Å². The van der Waals surface area contributed by atoms with Crippen LogP contribution in [0.4, 0.5) is 0 Å². The van der Waals surface area contributed by atoms with Gasteiger partial charge in [0.2, 0.25) is 12.0 Å². The fraction of sp³-hybridized carbons (Fsp3) is 0.417. The third-order valence-electron chi connectivity index (χ3n) is 6.14. The first kappa shape index (κ1) is 26.3. The molecule has 0 aliphatic carbocycles. The van der Waals surface area contributed by atoms with Gasteiger partial charge < -0.3 is 54.0 Å². The molecule has 5 N–H and O–H groups in total. The highest BCUT2D eigenvalue weighted by Crippen LogP contribution is 2.52. The first-order valence-electron chi connectivity index (χ1n) is 11.1. The molecule has 0 radical (unpaired) electrons. The molecule has 2 aromatic rings. The highest BCUT2D eigenvalue weighted by Gasteiger charge is 2.48. The second-order valence-corrected chi connectivity index (χ2v) is 8.29. The smallest absolute Gasteiger partial charge is 0.335 e. The minimum Gasteiger partial charge on any atom is -0.507 e. The summed E-state index contributed by atoms with van der Waals surface area (Å²) in [5, 5.41) is 50.2. The fourth-order valence-electron chi connectivity index (χ4n) is 4.34. The molecule has 6 atom stereocenters. The number of phenols is 1. The number of carbonyl (C=O) groups is 2. The summed E-state index contributed by atoms with van der Waals surface area (Å²) >= 11 is 0. The molecule has 37 heavy (non-hydrogen) atoms. The van der Waals surface area contributed by atoms with Crippen LogP contribution >= 0.6 is 0 Å². The second kappa shape index (κ2) is 10.3. The molecule has 0 amide bonds. The Morgan fingerprint density at radius 2 is 1.65 bits per heavy atom. The van der Waals surface area contributed by atoms with E-state index in [1.807, 2.05) is 0 Å². The number of carboxylic acid groups (broad SMARTS) is 1. The van der Waals surface area contributed by atoms with E-state index in [4.69, 9.17) is 28.4 Å². The number of rotatable bonds is 7. The Hall–Kier alpha value is -3.78. The molecule has 0 bridgehead atoms. The van der Waals surface area contributed by atoms with Crippen LogP contribution in [0.3, 0.4) is 0 Å². The number of aliphatic hydroxyl groups excluding tert-OH is 3. The van der Waals surface area contributed by atoms with E-state index < -0.39 is 48.6 Å². The van der Waals surface area contributed by atoms with Gasteiger partial charge in [-0.1, -0.05) is 6.07 Å². The third-order valence-corrected chi connectivity index (χ3v) is 6.14. The molecule has 1 fully saturated rings. The van der Waals surface area contributed by atoms with E-state index in [-0.39, 0.29) is 52.0 Å². The summed E-state index contributed by atoms with van der Waals surface area (Å²) in [6.45, 7) is 0. The average molecular weight is 522 g/mol. The minimum absolute atomic E-state index is 0.0246. The van der Waals surface area contributed by atoms with E-state index >= 15 is 0 Å². The number of Topliss-reactive ketones (excluding diaryl/α,β-unsaturated/α-hetero) is 1. The summed E-state index contributed by atoms with van der Waals surface area (Å²) in [6.07, 6.45) is -10.5. The Balaban J connectivity index is 1.75. The summed E-state index contributed by atoms with van der Waals surface area (Å²) < 4.78 is 33.1. The van der Waals surface area contributed by atoms with Gasteiger partial charge >= 0.3 is 5.97 Å². The predicted octanol–water partition coefficient (Wildman–Crippen LogP) is 0.395. The molecule has 13 heteroatoms. The van der Waals surface area contributed by atoms with Crippen molar-refractivity contribution in [1.29, 1.82) is 0 Å². The molecule has 2 aromatic carbocycles. The molecule has 2 aliphatic rings. The number of carboxylic acids is 1. The van der Waals surface area contributed by atoms with Crippen LogP contribution in [0.5, 0.6) is 34.5 Å². The molecule has 6 unspecified atom stereocenters. The van der Waals surface area contributed by atoms with Crippen LogP contribution in [0, 0.1) is 0 Å². The van der Waals surface area contributed by atoms with Gasteiger partial charge in [0.05, 0.1) is 33.3 Å². The SMILES string of the molecule is COc1cc(O)c2c(c1OC)OC(c1c(OC)cccc1OC1OC(C(=O)O)C(O)C(O)C1O)CC2=O. The lowest BCUT2D eigenvalue weighted by molar-refractivity contribution is -0.271. The standard InChI is InChI=1S/C24H26O13/c1-32-11-5-4-6-12(36-24-19(29)17(27)18(28)22(37-24)23(30)31)16(11)13-7-9(25)15-10(26)8-14(33-2)20(34-3)21(15)35-13/h4-6,8,13,17-19,22,24,26-29H,7H2,1-3H3,(H,30,31). The van der Waals surface area contributed by atoms with Gasteiger partial charge in [0.15, 0.2) is 23.4 Å². The Kier molecular flexibility index (Phi) is 7.32. The molecule has 1 saturated heterocycles. The molecule has 0 aromatic heterocycles. The number of fused-ring (bicyclic) bond motifs is 1. The molecule has 0 spiro atoms. The number of ether oxygens (including phenoxy) is 6. The van der Waals surface area contributed by atoms with Crippen molar-refractivity contribution in [2.24, 2.45) is 0 Å². The summed E-state index contributed by atoms with van der Waals surface area (Å²) in [5.74, 6) is -2.12. The van der Waals surface area contributed by atoms with E-state index in [1.165, 1.54) is 39.5 Å². The molecular formula is C24H26O13. The summed E-state index contributed by atoms with van der Waals surface area (Å²) in [5.41, 5.74) is 0.0929. The molecule has 2 aliphatic heterocycles. The zero-order valence-corrected chi connectivity index (χ0v) is 20.0. The van der Waals surface area contributed by atoms with Crippen molar-refractivity contribution in [1.82, 2.24) is 0 Å².